The maximum absolute atomic E-state index is 13.0. The molecule has 0 saturated heterocycles. The van der Waals surface area contributed by atoms with Gasteiger partial charge in [-0.2, -0.15) is 0 Å². The Morgan fingerprint density at radius 2 is 1.74 bits per heavy atom. The molecule has 0 fully saturated rings. The Hall–Kier alpha value is -2.82. The van der Waals surface area contributed by atoms with E-state index in [1.165, 1.54) is 18.2 Å². The largest absolute Gasteiger partial charge is 0.490 e. The summed E-state index contributed by atoms with van der Waals surface area (Å²) in [5.74, 6) is 0.686. The lowest BCUT2D eigenvalue weighted by Crippen LogP contribution is -2.09. The first-order chi connectivity index (χ1) is 11.1. The van der Waals surface area contributed by atoms with Gasteiger partial charge in [-0.25, -0.2) is 9.18 Å². The number of ether oxygens (including phenoxy) is 2. The number of rotatable bonds is 5. The SMILES string of the molecule is Cc1cc(=O)oc2cc(OCCOc3cccc(F)c3)ccc12. The number of hydrogen-bond donors (Lipinski definition) is 0. The number of fused-ring (bicyclic) bond motifs is 1. The van der Waals surface area contributed by atoms with Gasteiger partial charge in [-0.1, -0.05) is 6.07 Å². The molecule has 0 aliphatic heterocycles. The van der Waals surface area contributed by atoms with Gasteiger partial charge < -0.3 is 13.9 Å². The minimum absolute atomic E-state index is 0.277. The molecule has 3 rings (SSSR count). The van der Waals surface area contributed by atoms with Crippen molar-refractivity contribution in [2.24, 2.45) is 0 Å². The van der Waals surface area contributed by atoms with Crippen LogP contribution in [-0.2, 0) is 0 Å². The van der Waals surface area contributed by atoms with E-state index in [1.807, 2.05) is 13.0 Å². The summed E-state index contributed by atoms with van der Waals surface area (Å²) in [6.45, 7) is 2.42. The fourth-order valence-corrected chi connectivity index (χ4v) is 2.27. The van der Waals surface area contributed by atoms with Gasteiger partial charge in [0.15, 0.2) is 0 Å². The van der Waals surface area contributed by atoms with Gasteiger partial charge >= 0.3 is 5.63 Å². The second-order valence-corrected chi connectivity index (χ2v) is 5.06. The molecule has 118 valence electrons. The van der Waals surface area contributed by atoms with Crippen molar-refractivity contribution in [1.82, 2.24) is 0 Å². The van der Waals surface area contributed by atoms with E-state index in [0.717, 1.165) is 10.9 Å². The standard InChI is InChI=1S/C18H15FO4/c1-12-9-18(20)23-17-11-15(5-6-16(12)17)22-8-7-21-14-4-2-3-13(19)10-14/h2-6,9-11H,7-8H2,1H3. The van der Waals surface area contributed by atoms with E-state index >= 15 is 0 Å². The van der Waals surface area contributed by atoms with Crippen LogP contribution in [0.2, 0.25) is 0 Å². The molecule has 0 spiro atoms. The van der Waals surface area contributed by atoms with Gasteiger partial charge in [0.2, 0.25) is 0 Å². The summed E-state index contributed by atoms with van der Waals surface area (Å²) < 4.78 is 29.1. The van der Waals surface area contributed by atoms with Gasteiger partial charge in [-0.3, -0.25) is 0 Å². The molecule has 0 N–H and O–H groups in total. The summed E-state index contributed by atoms with van der Waals surface area (Å²) in [6.07, 6.45) is 0. The van der Waals surface area contributed by atoms with Crippen LogP contribution in [0.3, 0.4) is 0 Å². The Morgan fingerprint density at radius 3 is 2.48 bits per heavy atom. The van der Waals surface area contributed by atoms with Gasteiger partial charge in [0.1, 0.15) is 36.1 Å². The number of benzene rings is 2. The van der Waals surface area contributed by atoms with E-state index in [9.17, 15) is 9.18 Å². The van der Waals surface area contributed by atoms with Crippen LogP contribution in [0.1, 0.15) is 5.56 Å². The monoisotopic (exact) mass is 314 g/mol. The first kappa shape index (κ1) is 15.1. The van der Waals surface area contributed by atoms with Crippen molar-refractivity contribution in [3.8, 4) is 11.5 Å². The van der Waals surface area contributed by atoms with Crippen LogP contribution < -0.4 is 15.1 Å². The van der Waals surface area contributed by atoms with E-state index < -0.39 is 0 Å². The summed E-state index contributed by atoms with van der Waals surface area (Å²) in [5.41, 5.74) is 0.956. The molecule has 1 heterocycles. The summed E-state index contributed by atoms with van der Waals surface area (Å²) in [5, 5.41) is 0.868. The van der Waals surface area contributed by atoms with E-state index in [-0.39, 0.29) is 24.7 Å². The van der Waals surface area contributed by atoms with Gasteiger partial charge in [0.05, 0.1) is 0 Å². The predicted octanol–water partition coefficient (Wildman–Crippen LogP) is 3.70. The summed E-state index contributed by atoms with van der Waals surface area (Å²) >= 11 is 0. The number of halogens is 1. The van der Waals surface area contributed by atoms with Crippen molar-refractivity contribution in [1.29, 1.82) is 0 Å². The summed E-state index contributed by atoms with van der Waals surface area (Å²) in [6, 6.07) is 12.7. The molecule has 5 heteroatoms. The molecule has 23 heavy (non-hydrogen) atoms. The van der Waals surface area contributed by atoms with Crippen molar-refractivity contribution in [2.75, 3.05) is 13.2 Å². The summed E-state index contributed by atoms with van der Waals surface area (Å²) in [4.78, 5) is 11.4. The average molecular weight is 314 g/mol. The zero-order valence-corrected chi connectivity index (χ0v) is 12.5. The highest BCUT2D eigenvalue weighted by Gasteiger charge is 2.04. The van der Waals surface area contributed by atoms with Crippen molar-refractivity contribution < 1.29 is 18.3 Å². The van der Waals surface area contributed by atoms with Gasteiger partial charge in [0.25, 0.3) is 0 Å². The third kappa shape index (κ3) is 3.69. The highest BCUT2D eigenvalue weighted by atomic mass is 19.1. The second-order valence-electron chi connectivity index (χ2n) is 5.06. The first-order valence-electron chi connectivity index (χ1n) is 7.17. The Bertz CT molecular complexity index is 886. The van der Waals surface area contributed by atoms with Crippen molar-refractivity contribution >= 4 is 11.0 Å². The minimum atomic E-state index is -0.387. The van der Waals surface area contributed by atoms with E-state index in [2.05, 4.69) is 0 Å². The Kier molecular flexibility index (Phi) is 4.28. The highest BCUT2D eigenvalue weighted by molar-refractivity contribution is 5.81. The van der Waals surface area contributed by atoms with E-state index in [1.54, 1.807) is 24.3 Å². The van der Waals surface area contributed by atoms with Crippen molar-refractivity contribution in [3.05, 3.63) is 70.3 Å². The Morgan fingerprint density at radius 1 is 1.00 bits per heavy atom. The van der Waals surface area contributed by atoms with Crippen LogP contribution in [0.25, 0.3) is 11.0 Å². The maximum atomic E-state index is 13.0. The fourth-order valence-electron chi connectivity index (χ4n) is 2.27. The first-order valence-corrected chi connectivity index (χ1v) is 7.17. The molecular weight excluding hydrogens is 299 g/mol. The third-order valence-corrected chi connectivity index (χ3v) is 3.34. The lowest BCUT2D eigenvalue weighted by atomic mass is 10.1. The van der Waals surface area contributed by atoms with Gasteiger partial charge in [-0.05, 0) is 36.8 Å². The van der Waals surface area contributed by atoms with Crippen LogP contribution in [0.4, 0.5) is 4.39 Å². The molecule has 0 unspecified atom stereocenters. The zero-order chi connectivity index (χ0) is 16.2. The molecule has 4 nitrogen and oxygen atoms in total. The molecule has 0 aliphatic carbocycles. The number of aryl methyl sites for hydroxylation is 1. The van der Waals surface area contributed by atoms with Crippen LogP contribution in [0.15, 0.2) is 57.7 Å². The Labute approximate surface area is 132 Å². The molecule has 0 atom stereocenters. The van der Waals surface area contributed by atoms with Crippen LogP contribution in [0, 0.1) is 12.7 Å². The average Bonchev–Trinajstić information content (AvgIpc) is 2.51. The lowest BCUT2D eigenvalue weighted by Gasteiger charge is -2.09. The molecule has 1 aromatic heterocycles. The van der Waals surface area contributed by atoms with E-state index in [0.29, 0.717) is 17.1 Å². The normalized spacial score (nSPS) is 10.7. The molecule has 0 aliphatic rings. The van der Waals surface area contributed by atoms with Gasteiger partial charge in [-0.15, -0.1) is 0 Å². The third-order valence-electron chi connectivity index (χ3n) is 3.34. The molecule has 3 aromatic rings. The molecular formula is C18H15FO4. The minimum Gasteiger partial charge on any atom is -0.490 e. The maximum Gasteiger partial charge on any atom is 0.336 e. The van der Waals surface area contributed by atoms with Crippen molar-refractivity contribution in [3.63, 3.8) is 0 Å². The fraction of sp³-hybridized carbons (Fsp3) is 0.167. The molecule has 0 saturated carbocycles. The summed E-state index contributed by atoms with van der Waals surface area (Å²) in [7, 11) is 0. The molecule has 0 radical (unpaired) electrons. The molecule has 0 amide bonds. The molecule has 2 aromatic carbocycles. The quantitative estimate of drug-likeness (QED) is 0.532. The van der Waals surface area contributed by atoms with Crippen LogP contribution in [-0.4, -0.2) is 13.2 Å². The van der Waals surface area contributed by atoms with Crippen LogP contribution >= 0.6 is 0 Å². The smallest absolute Gasteiger partial charge is 0.336 e. The van der Waals surface area contributed by atoms with Gasteiger partial charge in [0, 0.05) is 23.6 Å². The van der Waals surface area contributed by atoms with Crippen LogP contribution in [0.5, 0.6) is 11.5 Å². The topological polar surface area (TPSA) is 48.7 Å². The van der Waals surface area contributed by atoms with E-state index in [4.69, 9.17) is 13.9 Å². The Balaban J connectivity index is 1.62. The van der Waals surface area contributed by atoms with Crippen molar-refractivity contribution in [2.45, 2.75) is 6.92 Å². The highest BCUT2D eigenvalue weighted by Crippen LogP contribution is 2.22. The molecule has 0 bridgehead atoms. The second kappa shape index (κ2) is 6.52. The number of hydrogen-bond acceptors (Lipinski definition) is 4. The predicted molar refractivity (Wildman–Crippen MR) is 84.6 cm³/mol. The lowest BCUT2D eigenvalue weighted by molar-refractivity contribution is 0.216. The zero-order valence-electron chi connectivity index (χ0n) is 12.5.